The van der Waals surface area contributed by atoms with Crippen molar-refractivity contribution in [1.82, 2.24) is 15.1 Å². The summed E-state index contributed by atoms with van der Waals surface area (Å²) in [5, 5.41) is 9.08. The first-order chi connectivity index (χ1) is 19.7. The van der Waals surface area contributed by atoms with Crippen molar-refractivity contribution in [2.45, 2.75) is 31.4 Å². The van der Waals surface area contributed by atoms with Crippen molar-refractivity contribution >= 4 is 17.5 Å². The molecule has 0 saturated carbocycles. The number of anilines is 1. The molecule has 7 nitrogen and oxygen atoms in total. The molecule has 1 aromatic heterocycles. The molecule has 0 atom stereocenters. The van der Waals surface area contributed by atoms with Crippen LogP contribution in [0.15, 0.2) is 89.7 Å². The van der Waals surface area contributed by atoms with Gasteiger partial charge in [0.05, 0.1) is 17.7 Å². The van der Waals surface area contributed by atoms with E-state index in [4.69, 9.17) is 0 Å². The predicted octanol–water partition coefficient (Wildman–Crippen LogP) is 5.66. The fourth-order valence-electron chi connectivity index (χ4n) is 5.06. The summed E-state index contributed by atoms with van der Waals surface area (Å²) in [7, 11) is 0. The molecule has 210 valence electrons. The lowest BCUT2D eigenvalue weighted by molar-refractivity contribution is -0.138. The Kier molecular flexibility index (Phi) is 8.00. The Balaban J connectivity index is 1.14. The lowest BCUT2D eigenvalue weighted by Gasteiger charge is -2.32. The molecule has 2 amide bonds. The van der Waals surface area contributed by atoms with Gasteiger partial charge in [0.1, 0.15) is 0 Å². The minimum Gasteiger partial charge on any atom is -0.339 e. The van der Waals surface area contributed by atoms with E-state index in [0.717, 1.165) is 30.0 Å². The van der Waals surface area contributed by atoms with E-state index >= 15 is 0 Å². The fraction of sp³-hybridized carbons (Fsp3) is 0.226. The zero-order chi connectivity index (χ0) is 29.0. The third-order valence-corrected chi connectivity index (χ3v) is 7.23. The first-order valence-corrected chi connectivity index (χ1v) is 13.2. The van der Waals surface area contributed by atoms with E-state index in [2.05, 4.69) is 15.5 Å². The van der Waals surface area contributed by atoms with Gasteiger partial charge in [-0.2, -0.15) is 18.3 Å². The maximum absolute atomic E-state index is 13.2. The second-order valence-electron chi connectivity index (χ2n) is 9.95. The number of rotatable bonds is 6. The Labute approximate surface area is 234 Å². The third-order valence-electron chi connectivity index (χ3n) is 7.23. The van der Waals surface area contributed by atoms with Crippen LogP contribution in [0, 0.1) is 0 Å². The number of nitrogens with zero attached hydrogens (tertiary/aromatic N) is 2. The minimum atomic E-state index is -4.52. The van der Waals surface area contributed by atoms with Gasteiger partial charge in [-0.3, -0.25) is 14.4 Å². The zero-order valence-electron chi connectivity index (χ0n) is 21.9. The van der Waals surface area contributed by atoms with Crippen LogP contribution in [0.3, 0.4) is 0 Å². The van der Waals surface area contributed by atoms with Crippen molar-refractivity contribution < 1.29 is 22.8 Å². The third kappa shape index (κ3) is 6.71. The van der Waals surface area contributed by atoms with Crippen LogP contribution >= 0.6 is 0 Å². The summed E-state index contributed by atoms with van der Waals surface area (Å²) in [5.74, 6) is -0.324. The molecule has 1 fully saturated rings. The van der Waals surface area contributed by atoms with Gasteiger partial charge in [0.15, 0.2) is 0 Å². The number of hydrogen-bond acceptors (Lipinski definition) is 4. The van der Waals surface area contributed by atoms with Crippen LogP contribution in [0.25, 0.3) is 11.3 Å². The molecule has 2 heterocycles. The first-order valence-electron chi connectivity index (χ1n) is 13.2. The number of aromatic nitrogens is 2. The van der Waals surface area contributed by atoms with Crippen LogP contribution in [-0.2, 0) is 17.4 Å². The molecule has 41 heavy (non-hydrogen) atoms. The van der Waals surface area contributed by atoms with Crippen LogP contribution in [-0.4, -0.2) is 40.0 Å². The Morgan fingerprint density at radius 2 is 1.59 bits per heavy atom. The predicted molar refractivity (Wildman–Crippen MR) is 148 cm³/mol. The van der Waals surface area contributed by atoms with Crippen LogP contribution in [0.1, 0.15) is 45.8 Å². The number of aromatic amines is 1. The maximum atomic E-state index is 13.2. The summed E-state index contributed by atoms with van der Waals surface area (Å²) in [4.78, 5) is 38.5. The number of amides is 2. The van der Waals surface area contributed by atoms with Crippen LogP contribution < -0.4 is 10.9 Å². The summed E-state index contributed by atoms with van der Waals surface area (Å²) < 4.78 is 39.7. The minimum absolute atomic E-state index is 0.0467. The summed E-state index contributed by atoms with van der Waals surface area (Å²) in [6.07, 6.45) is -3.33. The zero-order valence-corrected chi connectivity index (χ0v) is 21.9. The molecular weight excluding hydrogens is 533 g/mol. The van der Waals surface area contributed by atoms with Crippen molar-refractivity contribution in [3.8, 4) is 11.3 Å². The fourth-order valence-corrected chi connectivity index (χ4v) is 5.06. The van der Waals surface area contributed by atoms with Crippen molar-refractivity contribution in [3.05, 3.63) is 118 Å². The van der Waals surface area contributed by atoms with Crippen molar-refractivity contribution in [3.63, 3.8) is 0 Å². The highest BCUT2D eigenvalue weighted by Gasteiger charge is 2.33. The molecule has 4 aromatic rings. The average molecular weight is 561 g/mol. The normalized spacial score (nSPS) is 14.1. The van der Waals surface area contributed by atoms with Gasteiger partial charge in [0.25, 0.3) is 11.5 Å². The van der Waals surface area contributed by atoms with Gasteiger partial charge in [-0.1, -0.05) is 42.5 Å². The van der Waals surface area contributed by atoms with E-state index in [9.17, 15) is 27.6 Å². The number of alkyl halides is 3. The van der Waals surface area contributed by atoms with Gasteiger partial charge < -0.3 is 10.2 Å². The van der Waals surface area contributed by atoms with Crippen LogP contribution in [0.4, 0.5) is 18.9 Å². The molecule has 0 spiro atoms. The van der Waals surface area contributed by atoms with Gasteiger partial charge in [-0.15, -0.1) is 0 Å². The number of likely N-dealkylation sites (tertiary alicyclic amines) is 1. The molecule has 0 radical (unpaired) electrons. The van der Waals surface area contributed by atoms with E-state index in [1.807, 2.05) is 17.0 Å². The smallest absolute Gasteiger partial charge is 0.339 e. The van der Waals surface area contributed by atoms with Crippen molar-refractivity contribution in [2.75, 3.05) is 18.4 Å². The highest BCUT2D eigenvalue weighted by molar-refractivity contribution is 5.95. The number of hydrogen-bond donors (Lipinski definition) is 2. The number of H-pyrrole nitrogens is 1. The summed E-state index contributed by atoms with van der Waals surface area (Å²) in [5.41, 5.74) is 2.41. The van der Waals surface area contributed by atoms with Gasteiger partial charge in [-0.25, -0.2) is 5.10 Å². The number of carbonyl (C=O) groups excluding carboxylic acids is 2. The molecule has 0 bridgehead atoms. The van der Waals surface area contributed by atoms with Crippen molar-refractivity contribution in [2.24, 2.45) is 0 Å². The second-order valence-corrected chi connectivity index (χ2v) is 9.95. The summed E-state index contributed by atoms with van der Waals surface area (Å²) in [6.45, 7) is 1.20. The molecule has 3 aromatic carbocycles. The monoisotopic (exact) mass is 560 g/mol. The second kappa shape index (κ2) is 11.8. The molecule has 0 aliphatic carbocycles. The van der Waals surface area contributed by atoms with Gasteiger partial charge in [0.2, 0.25) is 5.91 Å². The molecule has 1 aliphatic heterocycles. The molecule has 10 heteroatoms. The van der Waals surface area contributed by atoms with Crippen molar-refractivity contribution in [1.29, 1.82) is 0 Å². The lowest BCUT2D eigenvalue weighted by Crippen LogP contribution is -2.37. The number of piperidine rings is 1. The summed E-state index contributed by atoms with van der Waals surface area (Å²) in [6, 6.07) is 22.5. The highest BCUT2D eigenvalue weighted by Crippen LogP contribution is 2.33. The van der Waals surface area contributed by atoms with E-state index < -0.39 is 17.6 Å². The lowest BCUT2D eigenvalue weighted by atomic mass is 9.89. The highest BCUT2D eigenvalue weighted by atomic mass is 19.4. The van der Waals surface area contributed by atoms with Crippen LogP contribution in [0.5, 0.6) is 0 Å². The molecule has 2 N–H and O–H groups in total. The Hall–Kier alpha value is -4.73. The van der Waals surface area contributed by atoms with Gasteiger partial charge in [0, 0.05) is 36.0 Å². The van der Waals surface area contributed by atoms with E-state index in [0.29, 0.717) is 30.0 Å². The first kappa shape index (κ1) is 27.8. The van der Waals surface area contributed by atoms with Gasteiger partial charge in [-0.05, 0) is 66.3 Å². The number of halogens is 3. The number of nitrogens with one attached hydrogen (secondary N) is 2. The van der Waals surface area contributed by atoms with E-state index in [1.54, 1.807) is 42.5 Å². The largest absolute Gasteiger partial charge is 0.416 e. The topological polar surface area (TPSA) is 95.2 Å². The summed E-state index contributed by atoms with van der Waals surface area (Å²) >= 11 is 0. The average Bonchev–Trinajstić information content (AvgIpc) is 2.97. The quantitative estimate of drug-likeness (QED) is 0.318. The van der Waals surface area contributed by atoms with Gasteiger partial charge >= 0.3 is 6.18 Å². The maximum Gasteiger partial charge on any atom is 0.416 e. The SMILES string of the molecule is O=C(Cc1ccccc1C(F)(F)F)Nc1ccc(C2CCN(C(=O)c3ccc(-c4ccc(=O)[nH]n4)cc3)CC2)cc1. The molecule has 0 unspecified atom stereocenters. The standard InChI is InChI=1S/C31H27F3N4O3/c32-31(33,34)26-4-2-1-3-24(26)19-29(40)35-25-11-9-20(10-12-25)21-15-17-38(18-16-21)30(41)23-7-5-22(6-8-23)27-13-14-28(39)37-36-27/h1-14,21H,15-19H2,(H,35,40)(H,37,39). The Bertz CT molecular complexity index is 1570. The molecule has 5 rings (SSSR count). The van der Waals surface area contributed by atoms with E-state index in [1.165, 1.54) is 24.3 Å². The Morgan fingerprint density at radius 3 is 2.22 bits per heavy atom. The molecular formula is C31H27F3N4O3. The molecule has 1 saturated heterocycles. The van der Waals surface area contributed by atoms with E-state index in [-0.39, 0.29) is 29.4 Å². The van der Waals surface area contributed by atoms with Crippen LogP contribution in [0.2, 0.25) is 0 Å². The molecule has 1 aliphatic rings. The Morgan fingerprint density at radius 1 is 0.902 bits per heavy atom. The number of carbonyl (C=O) groups is 2. The number of benzene rings is 3.